The van der Waals surface area contributed by atoms with Crippen LogP contribution in [0, 0.1) is 0 Å². The van der Waals surface area contributed by atoms with E-state index in [4.69, 9.17) is 16.2 Å². The zero-order chi connectivity index (χ0) is 33.5. The highest BCUT2D eigenvalue weighted by molar-refractivity contribution is 5.89. The average molecular weight is 634 g/mol. The first-order valence-electron chi connectivity index (χ1n) is 15.6. The first kappa shape index (κ1) is 36.2. The number of nitrogens with one attached hydrogen (secondary N) is 3. The van der Waals surface area contributed by atoms with Gasteiger partial charge in [-0.25, -0.2) is 4.79 Å². The first-order valence-corrected chi connectivity index (χ1v) is 15.6. The van der Waals surface area contributed by atoms with Gasteiger partial charge in [-0.15, -0.1) is 0 Å². The van der Waals surface area contributed by atoms with Gasteiger partial charge in [-0.2, -0.15) is 0 Å². The number of primary amides is 1. The number of hydrogen-bond donors (Lipinski definition) is 6. The fourth-order valence-electron chi connectivity index (χ4n) is 5.41. The number of aldehydes is 1. The van der Waals surface area contributed by atoms with Crippen molar-refractivity contribution in [3.63, 3.8) is 0 Å². The van der Waals surface area contributed by atoms with E-state index in [0.29, 0.717) is 38.5 Å². The molecule has 0 spiro atoms. The van der Waals surface area contributed by atoms with Gasteiger partial charge in [0.05, 0.1) is 17.7 Å². The molecule has 1 aliphatic rings. The Balaban J connectivity index is 1.62. The van der Waals surface area contributed by atoms with Crippen LogP contribution in [0.15, 0.2) is 83.5 Å². The average Bonchev–Trinajstić information content (AvgIpc) is 3.03. The van der Waals surface area contributed by atoms with E-state index in [-0.39, 0.29) is 26.0 Å². The number of aliphatic hydroxyl groups excluding tert-OH is 1. The molecule has 0 saturated carbocycles. The van der Waals surface area contributed by atoms with Gasteiger partial charge in [0.15, 0.2) is 0 Å². The number of nitrogens with two attached hydrogens (primary N) is 2. The molecule has 0 heterocycles. The summed E-state index contributed by atoms with van der Waals surface area (Å²) in [7, 11) is 0. The quantitative estimate of drug-likeness (QED) is 0.107. The first-order chi connectivity index (χ1) is 22.0. The highest BCUT2D eigenvalue weighted by Crippen LogP contribution is 2.30. The van der Waals surface area contributed by atoms with Gasteiger partial charge >= 0.3 is 6.09 Å². The molecular weight excluding hydrogens is 586 g/mol. The highest BCUT2D eigenvalue weighted by atomic mass is 16.5. The fraction of sp³-hybridized carbons (Fsp3) is 0.429. The molecule has 2 aromatic rings. The van der Waals surface area contributed by atoms with Crippen LogP contribution in [0.1, 0.15) is 57.1 Å². The number of carbonyl (C=O) groups is 4. The van der Waals surface area contributed by atoms with Gasteiger partial charge in [-0.3, -0.25) is 9.59 Å². The molecule has 248 valence electrons. The van der Waals surface area contributed by atoms with E-state index < -0.39 is 41.6 Å². The molecule has 11 heteroatoms. The van der Waals surface area contributed by atoms with Crippen molar-refractivity contribution in [1.82, 2.24) is 16.0 Å². The standard InChI is InChI=1S/C35H47N5O6/c1-24-17-28(42)18-25(2)29(24)20-35(37,23-41)22-39-30(33(44)40-31(32(36)43)19-26-11-5-3-6-12-26)15-9-10-16-38-34(45)46-21-27-13-7-4-8-14-27/h3-8,11-14,17,23,28,30-31,39,42H,9-10,15-16,18-22,37H2,1-2H3,(H2,36,43)(H,38,45)(H,40,44). The topological polar surface area (TPSA) is 186 Å². The van der Waals surface area contributed by atoms with Gasteiger partial charge in [-0.05, 0) is 68.2 Å². The van der Waals surface area contributed by atoms with E-state index in [1.54, 1.807) is 6.08 Å². The number of ether oxygens (including phenoxy) is 1. The molecule has 46 heavy (non-hydrogen) atoms. The van der Waals surface area contributed by atoms with E-state index in [9.17, 15) is 24.3 Å². The molecule has 4 unspecified atom stereocenters. The van der Waals surface area contributed by atoms with E-state index in [1.807, 2.05) is 74.5 Å². The van der Waals surface area contributed by atoms with Crippen LogP contribution >= 0.6 is 0 Å². The Bertz CT molecular complexity index is 1380. The third kappa shape index (κ3) is 11.9. The Morgan fingerprint density at radius 3 is 2.28 bits per heavy atom. The molecule has 11 nitrogen and oxygen atoms in total. The molecular formula is C35H47N5O6. The Morgan fingerprint density at radius 2 is 1.67 bits per heavy atom. The molecule has 0 saturated heterocycles. The largest absolute Gasteiger partial charge is 0.445 e. The maximum atomic E-state index is 13.5. The molecule has 3 amide bonds. The number of unbranched alkanes of at least 4 members (excludes halogenated alkanes) is 1. The fourth-order valence-corrected chi connectivity index (χ4v) is 5.41. The van der Waals surface area contributed by atoms with Crippen molar-refractivity contribution >= 4 is 24.2 Å². The predicted molar refractivity (Wildman–Crippen MR) is 176 cm³/mol. The summed E-state index contributed by atoms with van der Waals surface area (Å²) in [5, 5.41) is 18.7. The van der Waals surface area contributed by atoms with Crippen LogP contribution in [0.4, 0.5) is 4.79 Å². The van der Waals surface area contributed by atoms with Crippen molar-refractivity contribution < 1.29 is 29.0 Å². The minimum atomic E-state index is -1.33. The van der Waals surface area contributed by atoms with Crippen molar-refractivity contribution in [2.24, 2.45) is 11.5 Å². The van der Waals surface area contributed by atoms with Crippen molar-refractivity contribution in [3.05, 3.63) is 94.6 Å². The number of aliphatic hydroxyl groups is 1. The van der Waals surface area contributed by atoms with Crippen LogP contribution in [-0.2, 0) is 32.1 Å². The summed E-state index contributed by atoms with van der Waals surface area (Å²) in [5.41, 5.74) is 15.3. The lowest BCUT2D eigenvalue weighted by Crippen LogP contribution is -2.57. The summed E-state index contributed by atoms with van der Waals surface area (Å²) in [6.45, 7) is 4.27. The van der Waals surface area contributed by atoms with Crippen LogP contribution in [0.3, 0.4) is 0 Å². The molecule has 3 rings (SSSR count). The lowest BCUT2D eigenvalue weighted by atomic mass is 9.82. The number of carbonyl (C=O) groups excluding carboxylic acids is 4. The Kier molecular flexibility index (Phi) is 14.1. The normalized spacial score (nSPS) is 17.2. The van der Waals surface area contributed by atoms with E-state index in [0.717, 1.165) is 27.8 Å². The molecule has 0 aromatic heterocycles. The van der Waals surface area contributed by atoms with Gasteiger partial charge in [0.2, 0.25) is 11.8 Å². The zero-order valence-electron chi connectivity index (χ0n) is 26.7. The second-order valence-corrected chi connectivity index (χ2v) is 12.0. The maximum Gasteiger partial charge on any atom is 0.407 e. The second kappa shape index (κ2) is 18.0. The SMILES string of the molecule is CC1=CC(O)CC(C)=C1CC(N)(C=O)CNC(CCCCNC(=O)OCc1ccccc1)C(=O)NC(Cc1ccccc1)C(N)=O. The van der Waals surface area contributed by atoms with Crippen LogP contribution in [0.2, 0.25) is 0 Å². The molecule has 0 aliphatic heterocycles. The molecule has 8 N–H and O–H groups in total. The summed E-state index contributed by atoms with van der Waals surface area (Å²) < 4.78 is 5.24. The number of rotatable bonds is 18. The number of allylic oxidation sites excluding steroid dienone is 1. The molecule has 2 aromatic carbocycles. The Hall–Kier alpha value is -4.32. The van der Waals surface area contributed by atoms with Crippen molar-refractivity contribution in [1.29, 1.82) is 0 Å². The lowest BCUT2D eigenvalue weighted by Gasteiger charge is -2.31. The van der Waals surface area contributed by atoms with Gasteiger partial charge in [0.1, 0.15) is 18.9 Å². The minimum Gasteiger partial charge on any atom is -0.445 e. The Morgan fingerprint density at radius 1 is 1.02 bits per heavy atom. The number of hydrogen-bond acceptors (Lipinski definition) is 8. The molecule has 0 radical (unpaired) electrons. The summed E-state index contributed by atoms with van der Waals surface area (Å²) in [5.74, 6) is -1.12. The highest BCUT2D eigenvalue weighted by Gasteiger charge is 2.32. The van der Waals surface area contributed by atoms with Gasteiger partial charge in [0.25, 0.3) is 0 Å². The van der Waals surface area contributed by atoms with Crippen LogP contribution < -0.4 is 27.4 Å². The summed E-state index contributed by atoms with van der Waals surface area (Å²) in [4.78, 5) is 50.2. The van der Waals surface area contributed by atoms with E-state index >= 15 is 0 Å². The molecule has 0 bridgehead atoms. The number of amides is 3. The van der Waals surface area contributed by atoms with Crippen LogP contribution in [0.25, 0.3) is 0 Å². The third-order valence-electron chi connectivity index (χ3n) is 8.03. The van der Waals surface area contributed by atoms with Gasteiger partial charge in [0, 0.05) is 19.5 Å². The summed E-state index contributed by atoms with van der Waals surface area (Å²) >= 11 is 0. The maximum absolute atomic E-state index is 13.5. The summed E-state index contributed by atoms with van der Waals surface area (Å²) in [6.07, 6.45) is 3.66. The Labute approximate surface area is 270 Å². The monoisotopic (exact) mass is 633 g/mol. The van der Waals surface area contributed by atoms with Crippen molar-refractivity contribution in [2.45, 2.75) is 82.7 Å². The molecule has 0 fully saturated rings. The smallest absolute Gasteiger partial charge is 0.407 e. The van der Waals surface area contributed by atoms with Gasteiger partial charge in [-0.1, -0.05) is 72.3 Å². The zero-order valence-corrected chi connectivity index (χ0v) is 26.7. The third-order valence-corrected chi connectivity index (χ3v) is 8.03. The second-order valence-electron chi connectivity index (χ2n) is 12.0. The lowest BCUT2D eigenvalue weighted by molar-refractivity contribution is -0.128. The van der Waals surface area contributed by atoms with Crippen LogP contribution in [0.5, 0.6) is 0 Å². The van der Waals surface area contributed by atoms with Crippen molar-refractivity contribution in [2.75, 3.05) is 13.1 Å². The number of benzene rings is 2. The van der Waals surface area contributed by atoms with E-state index in [1.165, 1.54) is 0 Å². The molecule has 4 atom stereocenters. The molecule has 1 aliphatic carbocycles. The van der Waals surface area contributed by atoms with Crippen molar-refractivity contribution in [3.8, 4) is 0 Å². The van der Waals surface area contributed by atoms with E-state index in [2.05, 4.69) is 16.0 Å². The predicted octanol–water partition coefficient (Wildman–Crippen LogP) is 2.57. The number of alkyl carbamates (subject to hydrolysis) is 1. The summed E-state index contributed by atoms with van der Waals surface area (Å²) in [6, 6.07) is 16.8. The van der Waals surface area contributed by atoms with Gasteiger partial charge < -0.3 is 42.1 Å². The minimum absolute atomic E-state index is 0.00874. The van der Waals surface area contributed by atoms with Crippen LogP contribution in [-0.4, -0.2) is 66.1 Å².